The van der Waals surface area contributed by atoms with E-state index in [-0.39, 0.29) is 0 Å². The van der Waals surface area contributed by atoms with E-state index >= 15 is 0 Å². The van der Waals surface area contributed by atoms with E-state index in [1.54, 1.807) is 24.3 Å². The van der Waals surface area contributed by atoms with Crippen LogP contribution in [0.25, 0.3) is 0 Å². The number of anilines is 1. The van der Waals surface area contributed by atoms with Gasteiger partial charge in [0.05, 0.1) is 6.61 Å². The molecule has 1 aromatic rings. The molecule has 2 atom stereocenters. The number of halogens is 2. The number of carboxylic acids is 1. The van der Waals surface area contributed by atoms with Crippen LogP contribution in [0.15, 0.2) is 24.3 Å². The Kier molecular flexibility index (Phi) is 6.30. The van der Waals surface area contributed by atoms with Crippen molar-refractivity contribution in [3.63, 3.8) is 0 Å². The van der Waals surface area contributed by atoms with Crippen molar-refractivity contribution in [3.05, 3.63) is 24.3 Å². The molecule has 1 rings (SSSR count). The quantitative estimate of drug-likeness (QED) is 0.727. The molecule has 2 N–H and O–H groups in total. The van der Waals surface area contributed by atoms with E-state index in [9.17, 15) is 9.59 Å². The molecule has 0 heterocycles. The van der Waals surface area contributed by atoms with Crippen molar-refractivity contribution in [1.82, 2.24) is 0 Å². The fourth-order valence-electron chi connectivity index (χ4n) is 1.27. The van der Waals surface area contributed by atoms with Gasteiger partial charge >= 0.3 is 5.97 Å². The first-order valence-electron chi connectivity index (χ1n) is 5.50. The van der Waals surface area contributed by atoms with Crippen LogP contribution in [0.1, 0.15) is 6.92 Å². The number of hydrogen-bond donors (Lipinski definition) is 2. The Labute approximate surface area is 127 Å². The van der Waals surface area contributed by atoms with E-state index in [0.29, 0.717) is 18.0 Å². The van der Waals surface area contributed by atoms with Crippen LogP contribution in [0.5, 0.6) is 5.75 Å². The monoisotopic (exact) mass is 393 g/mol. The average molecular weight is 395 g/mol. The zero-order chi connectivity index (χ0) is 14.4. The Bertz CT molecular complexity index is 450. The molecule has 5 nitrogen and oxygen atoms in total. The van der Waals surface area contributed by atoms with Crippen LogP contribution in [0, 0.1) is 0 Å². The first-order valence-corrected chi connectivity index (χ1v) is 7.33. The Balaban J connectivity index is 2.63. The third kappa shape index (κ3) is 4.83. The molecule has 0 aliphatic carbocycles. The number of carbonyl (C=O) groups is 2. The topological polar surface area (TPSA) is 75.6 Å². The number of nitrogens with one attached hydrogen (secondary N) is 1. The summed E-state index contributed by atoms with van der Waals surface area (Å²) in [4.78, 5) is 20.7. The fraction of sp³-hybridized carbons (Fsp3) is 0.333. The molecular weight excluding hydrogens is 382 g/mol. The lowest BCUT2D eigenvalue weighted by atomic mass is 10.2. The van der Waals surface area contributed by atoms with Crippen molar-refractivity contribution in [3.8, 4) is 5.75 Å². The van der Waals surface area contributed by atoms with Gasteiger partial charge in [0, 0.05) is 5.69 Å². The summed E-state index contributed by atoms with van der Waals surface area (Å²) >= 11 is 5.97. The Morgan fingerprint density at radius 1 is 1.26 bits per heavy atom. The smallest absolute Gasteiger partial charge is 0.318 e. The summed E-state index contributed by atoms with van der Waals surface area (Å²) in [5.74, 6) is -0.836. The van der Waals surface area contributed by atoms with Gasteiger partial charge < -0.3 is 15.2 Å². The molecule has 0 bridgehead atoms. The molecule has 1 aromatic carbocycles. The normalized spacial score (nSPS) is 13.4. The number of rotatable bonds is 6. The number of benzene rings is 1. The minimum atomic E-state index is -1.11. The van der Waals surface area contributed by atoms with Crippen LogP contribution in [0.4, 0.5) is 5.69 Å². The molecule has 0 fully saturated rings. The summed E-state index contributed by atoms with van der Waals surface area (Å²) in [6.45, 7) is 2.45. The van der Waals surface area contributed by atoms with E-state index < -0.39 is 21.5 Å². The molecule has 1 amide bonds. The van der Waals surface area contributed by atoms with E-state index in [1.807, 2.05) is 6.92 Å². The molecule has 0 aliphatic heterocycles. The highest BCUT2D eigenvalue weighted by Gasteiger charge is 2.29. The third-order valence-corrected chi connectivity index (χ3v) is 4.75. The van der Waals surface area contributed by atoms with Gasteiger partial charge in [-0.25, -0.2) is 0 Å². The van der Waals surface area contributed by atoms with E-state index in [0.717, 1.165) is 0 Å². The predicted octanol–water partition coefficient (Wildman–Crippen LogP) is 2.64. The van der Waals surface area contributed by atoms with Crippen LogP contribution in [0.2, 0.25) is 0 Å². The SMILES string of the molecule is CCOc1ccc(NC(=O)[C@@H](Br)[C@@H](Br)C(=O)O)cc1. The van der Waals surface area contributed by atoms with Gasteiger partial charge in [-0.3, -0.25) is 9.59 Å². The lowest BCUT2D eigenvalue weighted by Crippen LogP contribution is -2.34. The number of carboxylic acid groups (broad SMARTS) is 1. The molecule has 19 heavy (non-hydrogen) atoms. The highest BCUT2D eigenvalue weighted by Crippen LogP contribution is 2.19. The maximum absolute atomic E-state index is 11.8. The zero-order valence-electron chi connectivity index (χ0n) is 10.1. The van der Waals surface area contributed by atoms with Gasteiger partial charge in [0.2, 0.25) is 5.91 Å². The molecule has 0 unspecified atom stereocenters. The lowest BCUT2D eigenvalue weighted by molar-refractivity contribution is -0.137. The summed E-state index contributed by atoms with van der Waals surface area (Å²) in [6.07, 6.45) is 0. The molecule has 0 aliphatic rings. The van der Waals surface area contributed by atoms with Gasteiger partial charge in [-0.1, -0.05) is 31.9 Å². The predicted molar refractivity (Wildman–Crippen MR) is 79.3 cm³/mol. The van der Waals surface area contributed by atoms with Crippen molar-refractivity contribution >= 4 is 49.4 Å². The first-order chi connectivity index (χ1) is 8.95. The number of carbonyl (C=O) groups excluding carboxylic acids is 1. The highest BCUT2D eigenvalue weighted by molar-refractivity contribution is 9.12. The molecule has 0 aromatic heterocycles. The second kappa shape index (κ2) is 7.49. The van der Waals surface area contributed by atoms with Crippen LogP contribution < -0.4 is 10.1 Å². The summed E-state index contributed by atoms with van der Waals surface area (Å²) in [6, 6.07) is 6.83. The fourth-order valence-corrected chi connectivity index (χ4v) is 1.85. The molecule has 0 saturated carbocycles. The molecule has 0 radical (unpaired) electrons. The summed E-state index contributed by atoms with van der Waals surface area (Å²) in [5.41, 5.74) is 0.572. The number of hydrogen-bond acceptors (Lipinski definition) is 3. The van der Waals surface area contributed by atoms with Gasteiger partial charge in [-0.15, -0.1) is 0 Å². The second-order valence-electron chi connectivity index (χ2n) is 3.59. The molecular formula is C12H13Br2NO4. The third-order valence-electron chi connectivity index (χ3n) is 2.18. The van der Waals surface area contributed by atoms with Gasteiger partial charge in [-0.05, 0) is 31.2 Å². The first kappa shape index (κ1) is 16.0. The second-order valence-corrected chi connectivity index (χ2v) is 5.56. The number of ether oxygens (including phenoxy) is 1. The maximum Gasteiger partial charge on any atom is 0.318 e. The summed E-state index contributed by atoms with van der Waals surface area (Å²) in [5, 5.41) is 11.4. The standard InChI is InChI=1S/C12H13Br2NO4/c1-2-19-8-5-3-7(4-6-8)15-11(16)9(13)10(14)12(17)18/h3-6,9-10H,2H2,1H3,(H,15,16)(H,17,18)/t9-,10+/m0/s1. The summed E-state index contributed by atoms with van der Waals surface area (Å²) < 4.78 is 5.28. The van der Waals surface area contributed by atoms with E-state index in [1.165, 1.54) is 0 Å². The molecule has 0 saturated heterocycles. The zero-order valence-corrected chi connectivity index (χ0v) is 13.3. The minimum absolute atomic E-state index is 0.437. The van der Waals surface area contributed by atoms with Crippen LogP contribution in [0.3, 0.4) is 0 Å². The Hall–Kier alpha value is -1.08. The molecule has 0 spiro atoms. The number of aliphatic carboxylic acids is 1. The largest absolute Gasteiger partial charge is 0.494 e. The maximum atomic E-state index is 11.8. The van der Waals surface area contributed by atoms with Crippen molar-refractivity contribution < 1.29 is 19.4 Å². The minimum Gasteiger partial charge on any atom is -0.494 e. The van der Waals surface area contributed by atoms with Gasteiger partial charge in [0.25, 0.3) is 0 Å². The van der Waals surface area contributed by atoms with Gasteiger partial charge in [-0.2, -0.15) is 0 Å². The molecule has 7 heteroatoms. The highest BCUT2D eigenvalue weighted by atomic mass is 79.9. The molecule has 104 valence electrons. The van der Waals surface area contributed by atoms with Crippen LogP contribution in [-0.4, -0.2) is 33.2 Å². The summed E-state index contributed by atoms with van der Waals surface area (Å²) in [7, 11) is 0. The van der Waals surface area contributed by atoms with Crippen molar-refractivity contribution in [2.24, 2.45) is 0 Å². The lowest BCUT2D eigenvalue weighted by Gasteiger charge is -2.13. The number of amides is 1. The Morgan fingerprint density at radius 2 is 1.84 bits per heavy atom. The van der Waals surface area contributed by atoms with Crippen molar-refractivity contribution in [1.29, 1.82) is 0 Å². The van der Waals surface area contributed by atoms with Crippen LogP contribution >= 0.6 is 31.9 Å². The van der Waals surface area contributed by atoms with Gasteiger partial charge in [0.15, 0.2) is 0 Å². The van der Waals surface area contributed by atoms with Gasteiger partial charge in [0.1, 0.15) is 15.4 Å². The Morgan fingerprint density at radius 3 is 2.32 bits per heavy atom. The van der Waals surface area contributed by atoms with Crippen molar-refractivity contribution in [2.75, 3.05) is 11.9 Å². The number of alkyl halides is 2. The van der Waals surface area contributed by atoms with Crippen LogP contribution in [-0.2, 0) is 9.59 Å². The van der Waals surface area contributed by atoms with E-state index in [4.69, 9.17) is 9.84 Å². The van der Waals surface area contributed by atoms with Crippen molar-refractivity contribution in [2.45, 2.75) is 16.6 Å². The van der Waals surface area contributed by atoms with E-state index in [2.05, 4.69) is 37.2 Å². The average Bonchev–Trinajstić information content (AvgIpc) is 2.39.